The first-order chi connectivity index (χ1) is 40.2. The van der Waals surface area contributed by atoms with E-state index in [0.717, 1.165) is 18.5 Å². The van der Waals surface area contributed by atoms with E-state index in [0.29, 0.717) is 11.8 Å². The van der Waals surface area contributed by atoms with Crippen molar-refractivity contribution in [1.29, 1.82) is 0 Å². The van der Waals surface area contributed by atoms with Crippen LogP contribution in [0.15, 0.2) is 249 Å². The van der Waals surface area contributed by atoms with Gasteiger partial charge in [0.2, 0.25) is 0 Å². The van der Waals surface area contributed by atoms with Crippen LogP contribution in [0.2, 0.25) is 0 Å². The highest BCUT2D eigenvalue weighted by Gasteiger charge is 2.44. The predicted octanol–water partition coefficient (Wildman–Crippen LogP) is 21.1. The van der Waals surface area contributed by atoms with Gasteiger partial charge in [0, 0.05) is 44.6 Å². The zero-order valence-corrected chi connectivity index (χ0v) is 46.7. The van der Waals surface area contributed by atoms with Crippen LogP contribution in [0.4, 0.5) is 0 Å². The smallest absolute Gasteiger partial charge is 0.0541 e. The molecule has 0 bridgehead atoms. The van der Waals surface area contributed by atoms with Gasteiger partial charge in [-0.05, 0) is 184 Å². The number of allylic oxidation sites excluding steroid dienone is 5. The first-order valence-electron chi connectivity index (χ1n) is 29.5. The maximum Gasteiger partial charge on any atom is 0.0541 e. The average molecular weight is 1050 g/mol. The van der Waals surface area contributed by atoms with Crippen molar-refractivity contribution in [3.63, 3.8) is 0 Å². The van der Waals surface area contributed by atoms with Crippen LogP contribution in [-0.4, -0.2) is 9.13 Å². The summed E-state index contributed by atoms with van der Waals surface area (Å²) in [6, 6.07) is 83.7. The Morgan fingerprint density at radius 2 is 0.902 bits per heavy atom. The third-order valence-electron chi connectivity index (χ3n) is 19.7. The van der Waals surface area contributed by atoms with Crippen molar-refractivity contribution >= 4 is 60.3 Å². The van der Waals surface area contributed by atoms with Crippen LogP contribution < -0.4 is 0 Å². The van der Waals surface area contributed by atoms with E-state index in [-0.39, 0.29) is 10.8 Å². The number of aromatic nitrogens is 2. The van der Waals surface area contributed by atoms with Crippen molar-refractivity contribution in [3.8, 4) is 67.0 Å². The zero-order chi connectivity index (χ0) is 54.6. The van der Waals surface area contributed by atoms with Gasteiger partial charge in [-0.15, -0.1) is 0 Å². The molecule has 0 saturated carbocycles. The molecule has 0 fully saturated rings. The Hall–Kier alpha value is -9.50. The second-order valence-electron chi connectivity index (χ2n) is 24.6. The lowest BCUT2D eigenvalue weighted by atomic mass is 9.74. The molecule has 2 heterocycles. The highest BCUT2D eigenvalue weighted by molar-refractivity contribution is 6.24. The Bertz CT molecular complexity index is 4950. The number of aryl methyl sites for hydroxylation is 1. The molecule has 11 aromatic carbocycles. The van der Waals surface area contributed by atoms with Crippen molar-refractivity contribution in [2.24, 2.45) is 5.92 Å². The summed E-state index contributed by atoms with van der Waals surface area (Å²) in [5, 5.41) is 8.74. The van der Waals surface area contributed by atoms with Gasteiger partial charge in [0.05, 0.1) is 16.6 Å². The standard InChI is InChI=1S/C80H60N2/c1-79(2)69-31-15-9-23-55(69)57-41-37-49(45-71(57)79)53-21-5-7-29-63(53)77-65-43-39-52(82-75-35-19-13-27-61(75)62-28-14-20-36-76(62)82)48-68(65)78(66-44-40-51(47-67(66)77)81-73-33-17-11-25-59(73)60-26-12-18-34-74(60)81)64-30-8-6-22-54(64)50-38-42-58-56-24-10-16-32-70(56)80(3,4)72(58)46-50/h5-13,15-27,29-48,56,70H,14,28H2,1-4H3. The van der Waals surface area contributed by atoms with E-state index in [1.165, 1.54) is 149 Å². The van der Waals surface area contributed by atoms with Crippen LogP contribution >= 0.6 is 0 Å². The van der Waals surface area contributed by atoms with Crippen LogP contribution in [0.1, 0.15) is 73.5 Å². The minimum Gasteiger partial charge on any atom is -0.310 e. The summed E-state index contributed by atoms with van der Waals surface area (Å²) in [7, 11) is 0. The number of hydrogen-bond donors (Lipinski definition) is 0. The summed E-state index contributed by atoms with van der Waals surface area (Å²) >= 11 is 0. The monoisotopic (exact) mass is 1050 g/mol. The molecular formula is C80H60N2. The van der Waals surface area contributed by atoms with Crippen molar-refractivity contribution in [3.05, 3.63) is 282 Å². The number of rotatable bonds is 6. The molecule has 2 nitrogen and oxygen atoms in total. The molecule has 0 amide bonds. The summed E-state index contributed by atoms with van der Waals surface area (Å²) in [6.07, 6.45) is 16.1. The number of fused-ring (bicyclic) bond motifs is 14. The lowest BCUT2D eigenvalue weighted by molar-refractivity contribution is 0.394. The van der Waals surface area contributed by atoms with Gasteiger partial charge < -0.3 is 9.13 Å². The molecule has 390 valence electrons. The Morgan fingerprint density at radius 3 is 1.56 bits per heavy atom. The van der Waals surface area contributed by atoms with Crippen LogP contribution in [0.25, 0.3) is 127 Å². The predicted molar refractivity (Wildman–Crippen MR) is 347 cm³/mol. The highest BCUT2D eigenvalue weighted by atomic mass is 15.0. The second-order valence-corrected chi connectivity index (χ2v) is 24.6. The Morgan fingerprint density at radius 1 is 0.390 bits per heavy atom. The zero-order valence-electron chi connectivity index (χ0n) is 46.7. The third kappa shape index (κ3) is 6.64. The maximum absolute atomic E-state index is 2.54. The minimum absolute atomic E-state index is 0.0234. The van der Waals surface area contributed by atoms with Crippen LogP contribution in [0.3, 0.4) is 0 Å². The molecular weight excluding hydrogens is 989 g/mol. The quantitative estimate of drug-likeness (QED) is 0.147. The molecule has 2 unspecified atom stereocenters. The van der Waals surface area contributed by atoms with Gasteiger partial charge in [0.15, 0.2) is 0 Å². The van der Waals surface area contributed by atoms with Crippen molar-refractivity contribution in [2.75, 3.05) is 0 Å². The van der Waals surface area contributed by atoms with Crippen LogP contribution in [0.5, 0.6) is 0 Å². The Kier molecular flexibility index (Phi) is 10.1. The first kappa shape index (κ1) is 47.3. The van der Waals surface area contributed by atoms with Gasteiger partial charge in [0.25, 0.3) is 0 Å². The van der Waals surface area contributed by atoms with Gasteiger partial charge in [-0.3, -0.25) is 0 Å². The van der Waals surface area contributed by atoms with E-state index in [1.54, 1.807) is 0 Å². The summed E-state index contributed by atoms with van der Waals surface area (Å²) in [5.41, 5.74) is 26.7. The SMILES string of the molecule is CC1(C)c2ccccc2-c2ccc(-c3ccccc3-c3c4ccc(-n5c6c(c7ccccc75)CCC=C6)cc4c(-c4ccccc4-c4ccc5c(c4)C(C)(C)C4C=CC=CC54)c4ccc(-n5c6ccccc6c6ccccc65)cc34)cc21. The average Bonchev–Trinajstić information content (AvgIpc) is 4.33. The summed E-state index contributed by atoms with van der Waals surface area (Å²) in [6.45, 7) is 9.69. The van der Waals surface area contributed by atoms with E-state index in [9.17, 15) is 0 Å². The lowest BCUT2D eigenvalue weighted by Crippen LogP contribution is -2.24. The molecule has 0 saturated heterocycles. The molecule has 0 radical (unpaired) electrons. The summed E-state index contributed by atoms with van der Waals surface area (Å²) in [4.78, 5) is 0. The minimum atomic E-state index is -0.142. The molecule has 0 N–H and O–H groups in total. The van der Waals surface area contributed by atoms with Gasteiger partial charge in [0.1, 0.15) is 0 Å². The number of nitrogens with zero attached hydrogens (tertiary/aromatic N) is 2. The van der Waals surface area contributed by atoms with Crippen molar-refractivity contribution in [1.82, 2.24) is 9.13 Å². The van der Waals surface area contributed by atoms with E-state index >= 15 is 0 Å². The molecule has 82 heavy (non-hydrogen) atoms. The van der Waals surface area contributed by atoms with Crippen molar-refractivity contribution in [2.45, 2.75) is 57.3 Å². The van der Waals surface area contributed by atoms with E-state index in [1.807, 2.05) is 0 Å². The van der Waals surface area contributed by atoms with Crippen LogP contribution in [-0.2, 0) is 17.3 Å². The van der Waals surface area contributed by atoms with Crippen LogP contribution in [0, 0.1) is 5.92 Å². The molecule has 17 rings (SSSR count). The fraction of sp³-hybridized carbons (Fsp3) is 0.125. The Balaban J connectivity index is 0.993. The fourth-order valence-electron chi connectivity index (χ4n) is 15.9. The molecule has 4 aliphatic rings. The summed E-state index contributed by atoms with van der Waals surface area (Å²) in [5.74, 6) is 0.808. The lowest BCUT2D eigenvalue weighted by Gasteiger charge is -2.29. The van der Waals surface area contributed by atoms with Crippen molar-refractivity contribution < 1.29 is 0 Å². The van der Waals surface area contributed by atoms with Gasteiger partial charge in [-0.25, -0.2) is 0 Å². The maximum atomic E-state index is 2.54. The highest BCUT2D eigenvalue weighted by Crippen LogP contribution is 2.56. The molecule has 4 aliphatic carbocycles. The Labute approximate surface area is 479 Å². The topological polar surface area (TPSA) is 9.86 Å². The largest absolute Gasteiger partial charge is 0.310 e. The summed E-state index contributed by atoms with van der Waals surface area (Å²) < 4.78 is 5.02. The van der Waals surface area contributed by atoms with Gasteiger partial charge >= 0.3 is 0 Å². The number of hydrogen-bond acceptors (Lipinski definition) is 0. The number of para-hydroxylation sites is 3. The first-order valence-corrected chi connectivity index (χ1v) is 29.5. The van der Waals surface area contributed by atoms with E-state index in [2.05, 4.69) is 292 Å². The van der Waals surface area contributed by atoms with Gasteiger partial charge in [-0.2, -0.15) is 0 Å². The second kappa shape index (κ2) is 17.5. The molecule has 0 aliphatic heterocycles. The fourth-order valence-corrected chi connectivity index (χ4v) is 15.9. The van der Waals surface area contributed by atoms with Gasteiger partial charge in [-0.1, -0.05) is 228 Å². The van der Waals surface area contributed by atoms with E-state index < -0.39 is 0 Å². The molecule has 2 atom stereocenters. The number of benzene rings is 11. The van der Waals surface area contributed by atoms with E-state index in [4.69, 9.17) is 0 Å². The molecule has 2 heteroatoms. The molecule has 13 aromatic rings. The molecule has 2 aromatic heterocycles. The molecule has 0 spiro atoms. The normalized spacial score (nSPS) is 17.0. The third-order valence-corrected chi connectivity index (χ3v) is 19.7.